The van der Waals surface area contributed by atoms with Gasteiger partial charge >= 0.3 is 0 Å². The van der Waals surface area contributed by atoms with Crippen molar-refractivity contribution in [3.8, 4) is 0 Å². The number of fused-ring (bicyclic) bond motifs is 4. The summed E-state index contributed by atoms with van der Waals surface area (Å²) in [5.74, 6) is 0. The summed E-state index contributed by atoms with van der Waals surface area (Å²) in [6.45, 7) is 0. The molecule has 2 aromatic carbocycles. The van der Waals surface area contributed by atoms with Gasteiger partial charge in [0.15, 0.2) is 0 Å². The van der Waals surface area contributed by atoms with Crippen LogP contribution < -0.4 is 5.32 Å². The predicted octanol–water partition coefficient (Wildman–Crippen LogP) is 5.75. The molecule has 1 aliphatic carbocycles. The molecule has 3 aromatic rings. The van der Waals surface area contributed by atoms with Gasteiger partial charge in [0, 0.05) is 32.1 Å². The van der Waals surface area contributed by atoms with Crippen LogP contribution in [0.1, 0.15) is 5.56 Å². The molecule has 1 aliphatic heterocycles. The monoisotopic (exact) mass is 364 g/mol. The van der Waals surface area contributed by atoms with Crippen LogP contribution in [0.5, 0.6) is 0 Å². The average Bonchev–Trinajstić information content (AvgIpc) is 3.07. The summed E-state index contributed by atoms with van der Waals surface area (Å²) in [5, 5.41) is 6.01. The molecule has 4 heteroatoms. The zero-order valence-corrected chi connectivity index (χ0v) is 15.3. The van der Waals surface area contributed by atoms with Gasteiger partial charge in [0.2, 0.25) is 0 Å². The number of nitrogens with one attached hydrogen (secondary N) is 1. The van der Waals surface area contributed by atoms with E-state index in [9.17, 15) is 0 Å². The van der Waals surface area contributed by atoms with Crippen molar-refractivity contribution in [3.05, 3.63) is 77.9 Å². The van der Waals surface area contributed by atoms with Crippen molar-refractivity contribution >= 4 is 55.1 Å². The van der Waals surface area contributed by atoms with Crippen molar-refractivity contribution in [3.63, 3.8) is 0 Å². The third kappa shape index (κ3) is 2.80. The van der Waals surface area contributed by atoms with Crippen LogP contribution in [0.25, 0.3) is 25.9 Å². The fourth-order valence-electron chi connectivity index (χ4n) is 3.29. The minimum absolute atomic E-state index is 0.131. The van der Waals surface area contributed by atoms with Crippen LogP contribution in [-0.4, -0.2) is 18.8 Å². The Labute approximate surface area is 155 Å². The van der Waals surface area contributed by atoms with E-state index in [0.29, 0.717) is 0 Å². The number of rotatable bonds is 1. The van der Waals surface area contributed by atoms with E-state index in [1.165, 1.54) is 37.7 Å². The molecule has 0 amide bonds. The van der Waals surface area contributed by atoms with E-state index in [0.717, 1.165) is 5.70 Å². The number of benzene rings is 2. The number of nitrogens with zero attached hydrogens (tertiary/aromatic N) is 1. The van der Waals surface area contributed by atoms with Crippen molar-refractivity contribution in [1.82, 2.24) is 5.32 Å². The van der Waals surface area contributed by atoms with Gasteiger partial charge in [-0.15, -0.1) is 22.9 Å². The first-order valence-electron chi connectivity index (χ1n) is 8.07. The SMILES string of the molecule is C1=CC2=C(c3ccc4sc5ccccc5c4c3)NC=NC2C=C1.CCl. The lowest BCUT2D eigenvalue weighted by Crippen LogP contribution is -2.23. The molecule has 25 heavy (non-hydrogen) atoms. The van der Waals surface area contributed by atoms with Gasteiger partial charge in [-0.05, 0) is 23.8 Å². The fraction of sp³-hybridized carbons (Fsp3) is 0.0952. The van der Waals surface area contributed by atoms with E-state index in [1.807, 2.05) is 17.7 Å². The summed E-state index contributed by atoms with van der Waals surface area (Å²) < 4.78 is 2.68. The van der Waals surface area contributed by atoms with Crippen LogP contribution >= 0.6 is 22.9 Å². The lowest BCUT2D eigenvalue weighted by molar-refractivity contribution is 0.939. The molecule has 1 N–H and O–H groups in total. The summed E-state index contributed by atoms with van der Waals surface area (Å²) in [4.78, 5) is 4.50. The number of aliphatic imine (C=N–C) groups is 1. The molecule has 0 saturated heterocycles. The maximum absolute atomic E-state index is 4.64. The Morgan fingerprint density at radius 3 is 2.76 bits per heavy atom. The quantitative estimate of drug-likeness (QED) is 0.546. The molecular weight excluding hydrogens is 348 g/mol. The van der Waals surface area contributed by atoms with Gasteiger partial charge in [0.25, 0.3) is 0 Å². The number of thiophene rings is 1. The molecule has 0 fully saturated rings. The largest absolute Gasteiger partial charge is 0.346 e. The van der Waals surface area contributed by atoms with Crippen LogP contribution in [0.15, 0.2) is 77.3 Å². The number of halogens is 1. The molecule has 0 bridgehead atoms. The molecule has 5 rings (SSSR count). The van der Waals surface area contributed by atoms with E-state index in [1.54, 1.807) is 0 Å². The van der Waals surface area contributed by atoms with Crippen molar-refractivity contribution < 1.29 is 0 Å². The summed E-state index contributed by atoms with van der Waals surface area (Å²) in [6, 6.07) is 15.5. The van der Waals surface area contributed by atoms with Crippen LogP contribution in [0, 0.1) is 0 Å². The molecule has 2 aliphatic rings. The van der Waals surface area contributed by atoms with Crippen molar-refractivity contribution in [2.75, 3.05) is 6.38 Å². The second-order valence-corrected chi connectivity index (χ2v) is 6.83. The van der Waals surface area contributed by atoms with Crippen molar-refractivity contribution in [2.24, 2.45) is 4.99 Å². The van der Waals surface area contributed by atoms with Gasteiger partial charge in [-0.1, -0.05) is 48.6 Å². The molecule has 0 saturated carbocycles. The normalized spacial score (nSPS) is 18.1. The number of alkyl halides is 1. The highest BCUT2D eigenvalue weighted by atomic mass is 35.5. The first-order chi connectivity index (χ1) is 12.4. The van der Waals surface area contributed by atoms with Crippen LogP contribution in [0.4, 0.5) is 0 Å². The number of hydrogen-bond acceptors (Lipinski definition) is 3. The highest BCUT2D eigenvalue weighted by Gasteiger charge is 2.19. The average molecular weight is 365 g/mol. The second-order valence-electron chi connectivity index (χ2n) is 5.75. The first-order valence-corrected chi connectivity index (χ1v) is 9.64. The van der Waals surface area contributed by atoms with E-state index in [2.05, 4.69) is 88.7 Å². The van der Waals surface area contributed by atoms with Gasteiger partial charge in [-0.3, -0.25) is 4.99 Å². The first kappa shape index (κ1) is 16.1. The standard InChI is InChI=1S/C20H14N2S.CH3Cl/c1-3-7-17-15(6-1)20(22-12-21-17)13-9-10-19-16(11-13)14-5-2-4-8-18(14)23-19;1-2/h1-12,17H,(H,21,22);1H3. The van der Waals surface area contributed by atoms with E-state index >= 15 is 0 Å². The van der Waals surface area contributed by atoms with Gasteiger partial charge in [0.1, 0.15) is 0 Å². The molecular formula is C21H17ClN2S. The zero-order valence-electron chi connectivity index (χ0n) is 13.7. The van der Waals surface area contributed by atoms with E-state index in [4.69, 9.17) is 0 Å². The lowest BCUT2D eigenvalue weighted by atomic mass is 9.95. The smallest absolute Gasteiger partial charge is 0.0971 e. The van der Waals surface area contributed by atoms with Gasteiger partial charge < -0.3 is 5.32 Å². The Balaban J connectivity index is 0.000000758. The molecule has 1 atom stereocenters. The molecule has 2 heterocycles. The topological polar surface area (TPSA) is 24.4 Å². The third-order valence-electron chi connectivity index (χ3n) is 4.40. The Kier molecular flexibility index (Phi) is 4.43. The number of allylic oxidation sites excluding steroid dienone is 2. The molecule has 1 unspecified atom stereocenters. The second kappa shape index (κ2) is 6.87. The highest BCUT2D eigenvalue weighted by molar-refractivity contribution is 7.25. The van der Waals surface area contributed by atoms with E-state index < -0.39 is 0 Å². The summed E-state index contributed by atoms with van der Waals surface area (Å²) in [5.41, 5.74) is 3.60. The molecule has 1 aromatic heterocycles. The van der Waals surface area contributed by atoms with Crippen LogP contribution in [0.3, 0.4) is 0 Å². The lowest BCUT2D eigenvalue weighted by Gasteiger charge is -2.22. The maximum atomic E-state index is 4.64. The van der Waals surface area contributed by atoms with Gasteiger partial charge in [0.05, 0.1) is 18.1 Å². The zero-order chi connectivity index (χ0) is 17.2. The molecule has 0 radical (unpaired) electrons. The minimum Gasteiger partial charge on any atom is -0.346 e. The predicted molar refractivity (Wildman–Crippen MR) is 112 cm³/mol. The summed E-state index contributed by atoms with van der Waals surface area (Å²) in [6.07, 6.45) is 11.7. The Morgan fingerprint density at radius 2 is 1.84 bits per heavy atom. The number of hydrogen-bond donors (Lipinski definition) is 1. The minimum atomic E-state index is 0.131. The maximum Gasteiger partial charge on any atom is 0.0971 e. The van der Waals surface area contributed by atoms with Gasteiger partial charge in [-0.25, -0.2) is 0 Å². The summed E-state index contributed by atoms with van der Waals surface area (Å²) in [7, 11) is 0. The molecule has 0 spiro atoms. The van der Waals surface area contributed by atoms with Crippen molar-refractivity contribution in [2.45, 2.75) is 6.04 Å². The van der Waals surface area contributed by atoms with Crippen molar-refractivity contribution in [1.29, 1.82) is 0 Å². The Bertz CT molecular complexity index is 1060. The van der Waals surface area contributed by atoms with Crippen LogP contribution in [0.2, 0.25) is 0 Å². The third-order valence-corrected chi connectivity index (χ3v) is 5.55. The summed E-state index contributed by atoms with van der Waals surface area (Å²) >= 11 is 6.49. The Morgan fingerprint density at radius 1 is 1.00 bits per heavy atom. The highest BCUT2D eigenvalue weighted by Crippen LogP contribution is 2.36. The van der Waals surface area contributed by atoms with Gasteiger partial charge in [-0.2, -0.15) is 0 Å². The Hall–Kier alpha value is -2.36. The fourth-order valence-corrected chi connectivity index (χ4v) is 4.38. The molecule has 2 nitrogen and oxygen atoms in total. The van der Waals surface area contributed by atoms with Crippen LogP contribution in [-0.2, 0) is 0 Å². The van der Waals surface area contributed by atoms with E-state index in [-0.39, 0.29) is 6.04 Å². The molecule has 124 valence electrons.